The van der Waals surface area contributed by atoms with Gasteiger partial charge in [0, 0.05) is 19.1 Å². The van der Waals surface area contributed by atoms with Crippen molar-refractivity contribution < 1.29 is 14.3 Å². The minimum atomic E-state index is -0.385. The van der Waals surface area contributed by atoms with Gasteiger partial charge in [-0.1, -0.05) is 18.2 Å². The van der Waals surface area contributed by atoms with Crippen molar-refractivity contribution in [1.29, 1.82) is 0 Å². The van der Waals surface area contributed by atoms with Gasteiger partial charge in [-0.15, -0.1) is 0 Å². The van der Waals surface area contributed by atoms with E-state index in [1.54, 1.807) is 26.4 Å². The third-order valence-electron chi connectivity index (χ3n) is 5.41. The topological polar surface area (TPSA) is 107 Å². The van der Waals surface area contributed by atoms with E-state index in [4.69, 9.17) is 9.47 Å². The van der Waals surface area contributed by atoms with Gasteiger partial charge in [-0.3, -0.25) is 14.2 Å². The molecule has 3 aromatic rings. The number of amides is 1. The van der Waals surface area contributed by atoms with E-state index in [-0.39, 0.29) is 23.6 Å². The summed E-state index contributed by atoms with van der Waals surface area (Å²) in [7, 11) is 3.18. The van der Waals surface area contributed by atoms with Crippen molar-refractivity contribution in [3.8, 4) is 11.5 Å². The van der Waals surface area contributed by atoms with Crippen LogP contribution in [0.5, 0.6) is 11.5 Å². The molecule has 3 N–H and O–H groups in total. The van der Waals surface area contributed by atoms with E-state index in [2.05, 4.69) is 21.2 Å². The summed E-state index contributed by atoms with van der Waals surface area (Å²) in [5.41, 5.74) is 7.74. The second-order valence-electron chi connectivity index (χ2n) is 7.30. The molecule has 162 valence electrons. The number of methoxy groups -OCH3 is 2. The largest absolute Gasteiger partial charge is 0.493 e. The second-order valence-corrected chi connectivity index (χ2v) is 7.30. The van der Waals surface area contributed by atoms with Crippen LogP contribution in [0.2, 0.25) is 0 Å². The Hall–Kier alpha value is -3.43. The molecule has 1 fully saturated rings. The molecule has 1 saturated heterocycles. The molecule has 1 aliphatic heterocycles. The highest BCUT2D eigenvalue weighted by Gasteiger charge is 2.30. The third kappa shape index (κ3) is 4.37. The van der Waals surface area contributed by atoms with Crippen LogP contribution in [-0.4, -0.2) is 42.3 Å². The number of rotatable bonds is 7. The van der Waals surface area contributed by atoms with Crippen LogP contribution in [-0.2, 0) is 11.3 Å². The number of aromatic nitrogens is 2. The van der Waals surface area contributed by atoms with Gasteiger partial charge in [0.25, 0.3) is 5.56 Å². The van der Waals surface area contributed by atoms with E-state index in [1.165, 1.54) is 10.9 Å². The monoisotopic (exact) mass is 423 g/mol. The number of nitrogens with one attached hydrogen (secondary N) is 3. The predicted molar refractivity (Wildman–Crippen MR) is 116 cm³/mol. The molecule has 4 rings (SSSR count). The lowest BCUT2D eigenvalue weighted by atomic mass is 10.0. The summed E-state index contributed by atoms with van der Waals surface area (Å²) in [6, 6.07) is 12.5. The molecule has 2 unspecified atom stereocenters. The van der Waals surface area contributed by atoms with Gasteiger partial charge < -0.3 is 14.8 Å². The summed E-state index contributed by atoms with van der Waals surface area (Å²) in [6.45, 7) is 0.680. The smallest absolute Gasteiger partial charge is 0.261 e. The number of hydrazine groups is 1. The molecule has 9 heteroatoms. The lowest BCUT2D eigenvalue weighted by Crippen LogP contribution is -2.44. The Morgan fingerprint density at radius 1 is 1.16 bits per heavy atom. The first-order chi connectivity index (χ1) is 15.1. The Morgan fingerprint density at radius 3 is 2.77 bits per heavy atom. The van der Waals surface area contributed by atoms with Crippen molar-refractivity contribution in [1.82, 2.24) is 25.7 Å². The highest BCUT2D eigenvalue weighted by molar-refractivity contribution is 5.82. The average molecular weight is 423 g/mol. The summed E-state index contributed by atoms with van der Waals surface area (Å²) in [5.74, 6) is 1.17. The molecule has 0 saturated carbocycles. The molecule has 1 aromatic heterocycles. The van der Waals surface area contributed by atoms with Crippen LogP contribution in [0.4, 0.5) is 0 Å². The lowest BCUT2D eigenvalue weighted by molar-refractivity contribution is -0.122. The summed E-state index contributed by atoms with van der Waals surface area (Å²) < 4.78 is 12.1. The highest BCUT2D eigenvalue weighted by atomic mass is 16.5. The number of benzene rings is 2. The second kappa shape index (κ2) is 9.15. The van der Waals surface area contributed by atoms with E-state index in [0.29, 0.717) is 41.9 Å². The fraction of sp³-hybridized carbons (Fsp3) is 0.318. The molecule has 2 atom stereocenters. The maximum atomic E-state index is 12.6. The quantitative estimate of drug-likeness (QED) is 0.523. The molecule has 0 radical (unpaired) electrons. The Balaban J connectivity index is 1.33. The van der Waals surface area contributed by atoms with Gasteiger partial charge in [0.2, 0.25) is 5.91 Å². The van der Waals surface area contributed by atoms with E-state index in [1.807, 2.05) is 30.3 Å². The van der Waals surface area contributed by atoms with E-state index in [0.717, 1.165) is 5.56 Å². The van der Waals surface area contributed by atoms with Crippen molar-refractivity contribution in [2.24, 2.45) is 0 Å². The number of fused-ring (bicyclic) bond motifs is 1. The zero-order valence-corrected chi connectivity index (χ0v) is 17.4. The normalized spacial score (nSPS) is 18.1. The fourth-order valence-electron chi connectivity index (χ4n) is 3.70. The van der Waals surface area contributed by atoms with Crippen LogP contribution in [0.3, 0.4) is 0 Å². The predicted octanol–water partition coefficient (Wildman–Crippen LogP) is 1.14. The molecule has 0 spiro atoms. The van der Waals surface area contributed by atoms with Crippen molar-refractivity contribution >= 4 is 16.8 Å². The Bertz CT molecular complexity index is 1150. The van der Waals surface area contributed by atoms with E-state index >= 15 is 0 Å². The number of para-hydroxylation sites is 1. The van der Waals surface area contributed by atoms with Gasteiger partial charge >= 0.3 is 0 Å². The van der Waals surface area contributed by atoms with Crippen molar-refractivity contribution in [2.75, 3.05) is 20.8 Å². The summed E-state index contributed by atoms with van der Waals surface area (Å²) in [5, 5.41) is 3.45. The lowest BCUT2D eigenvalue weighted by Gasteiger charge is -2.14. The number of hydrogen-bond donors (Lipinski definition) is 3. The minimum Gasteiger partial charge on any atom is -0.493 e. The zero-order valence-electron chi connectivity index (χ0n) is 17.4. The van der Waals surface area contributed by atoms with Crippen molar-refractivity contribution in [3.63, 3.8) is 0 Å². The van der Waals surface area contributed by atoms with Gasteiger partial charge in [0.05, 0.1) is 31.4 Å². The van der Waals surface area contributed by atoms with Crippen molar-refractivity contribution in [3.05, 3.63) is 64.7 Å². The average Bonchev–Trinajstić information content (AvgIpc) is 3.30. The molecule has 2 aromatic carbocycles. The van der Waals surface area contributed by atoms with Crippen LogP contribution < -0.4 is 31.2 Å². The maximum absolute atomic E-state index is 12.6. The van der Waals surface area contributed by atoms with Gasteiger partial charge in [0.15, 0.2) is 11.5 Å². The summed E-state index contributed by atoms with van der Waals surface area (Å²) >= 11 is 0. The fourth-order valence-corrected chi connectivity index (χ4v) is 3.70. The molecule has 9 nitrogen and oxygen atoms in total. The van der Waals surface area contributed by atoms with Crippen LogP contribution in [0.1, 0.15) is 18.0 Å². The number of nitrogens with zero attached hydrogens (tertiary/aromatic N) is 2. The Kier molecular flexibility index (Phi) is 6.15. The van der Waals surface area contributed by atoms with E-state index in [9.17, 15) is 9.59 Å². The van der Waals surface area contributed by atoms with Gasteiger partial charge in [-0.25, -0.2) is 15.8 Å². The van der Waals surface area contributed by atoms with Crippen LogP contribution >= 0.6 is 0 Å². The standard InChI is InChI=1S/C22H25N5O4/c1-30-19-8-7-14(11-20(19)31-2)17-12-18(26-25-17)21(28)23-9-10-27-13-24-16-6-4-3-5-15(16)22(27)29/h3-8,11,13,17-18,25-26H,9-10,12H2,1-2H3,(H,23,28). The molecule has 31 heavy (non-hydrogen) atoms. The van der Waals surface area contributed by atoms with Crippen LogP contribution in [0.15, 0.2) is 53.6 Å². The third-order valence-corrected chi connectivity index (χ3v) is 5.41. The molecule has 0 aliphatic carbocycles. The SMILES string of the molecule is COc1ccc(C2CC(C(=O)NCCn3cnc4ccccc4c3=O)NN2)cc1OC. The number of carbonyl (C=O) groups excluding carboxylic acids is 1. The van der Waals surface area contributed by atoms with E-state index < -0.39 is 0 Å². The number of ether oxygens (including phenoxy) is 2. The number of hydrogen-bond acceptors (Lipinski definition) is 7. The highest BCUT2D eigenvalue weighted by Crippen LogP contribution is 2.32. The zero-order chi connectivity index (χ0) is 21.8. The molecule has 1 aliphatic rings. The molecular formula is C22H25N5O4. The van der Waals surface area contributed by atoms with Crippen LogP contribution in [0, 0.1) is 0 Å². The van der Waals surface area contributed by atoms with Gasteiger partial charge in [-0.05, 0) is 36.2 Å². The maximum Gasteiger partial charge on any atom is 0.261 e. The van der Waals surface area contributed by atoms with Crippen molar-refractivity contribution in [2.45, 2.75) is 25.0 Å². The molecule has 2 heterocycles. The first kappa shape index (κ1) is 20.8. The summed E-state index contributed by atoms with van der Waals surface area (Å²) in [6.07, 6.45) is 2.10. The first-order valence-corrected chi connectivity index (χ1v) is 10.1. The van der Waals surface area contributed by atoms with Gasteiger partial charge in [-0.2, -0.15) is 0 Å². The number of carbonyl (C=O) groups is 1. The minimum absolute atomic E-state index is 0.0390. The summed E-state index contributed by atoms with van der Waals surface area (Å²) in [4.78, 5) is 29.4. The Morgan fingerprint density at radius 2 is 1.97 bits per heavy atom. The molecule has 1 amide bonds. The Labute approximate surface area is 179 Å². The van der Waals surface area contributed by atoms with Crippen LogP contribution in [0.25, 0.3) is 10.9 Å². The van der Waals surface area contributed by atoms with Gasteiger partial charge in [0.1, 0.15) is 6.04 Å². The first-order valence-electron chi connectivity index (χ1n) is 10.1. The molecular weight excluding hydrogens is 398 g/mol. The molecule has 0 bridgehead atoms.